The van der Waals surface area contributed by atoms with Gasteiger partial charge in [-0.05, 0) is 54.0 Å². The van der Waals surface area contributed by atoms with Gasteiger partial charge in [0.25, 0.3) is 5.91 Å². The van der Waals surface area contributed by atoms with Crippen molar-refractivity contribution in [1.82, 2.24) is 5.32 Å². The number of fused-ring (bicyclic) bond motifs is 1. The van der Waals surface area contributed by atoms with Crippen LogP contribution in [0.1, 0.15) is 80.3 Å². The Morgan fingerprint density at radius 1 is 1.11 bits per heavy atom. The van der Waals surface area contributed by atoms with Crippen molar-refractivity contribution in [3.05, 3.63) is 59.2 Å². The maximum atomic E-state index is 13.4. The van der Waals surface area contributed by atoms with Crippen molar-refractivity contribution >= 4 is 29.1 Å². The molecule has 192 valence electrons. The average Bonchev–Trinajstić information content (AvgIpc) is 3.39. The average molecular weight is 491 g/mol. The van der Waals surface area contributed by atoms with Crippen LogP contribution in [0.25, 0.3) is 0 Å². The molecule has 7 nitrogen and oxygen atoms in total. The van der Waals surface area contributed by atoms with E-state index in [0.29, 0.717) is 48.8 Å². The van der Waals surface area contributed by atoms with Gasteiger partial charge in [-0.15, -0.1) is 0 Å². The quantitative estimate of drug-likeness (QED) is 0.472. The number of anilines is 2. The van der Waals surface area contributed by atoms with Crippen molar-refractivity contribution in [1.29, 1.82) is 0 Å². The number of rotatable bonds is 9. The highest BCUT2D eigenvalue weighted by molar-refractivity contribution is 6.13. The molecule has 1 fully saturated rings. The number of nitrogens with zero attached hydrogens (tertiary/aromatic N) is 1. The lowest BCUT2D eigenvalue weighted by atomic mass is 9.95. The van der Waals surface area contributed by atoms with E-state index in [-0.39, 0.29) is 23.6 Å². The second kappa shape index (κ2) is 11.7. The summed E-state index contributed by atoms with van der Waals surface area (Å²) in [5, 5.41) is 5.89. The van der Waals surface area contributed by atoms with Crippen molar-refractivity contribution in [3.63, 3.8) is 0 Å². The Hall–Kier alpha value is -3.19. The highest BCUT2D eigenvalue weighted by Crippen LogP contribution is 2.36. The molecule has 0 saturated heterocycles. The molecule has 0 spiro atoms. The molecule has 3 amide bonds. The molecule has 36 heavy (non-hydrogen) atoms. The molecular formula is C29H38N4O3. The van der Waals surface area contributed by atoms with Gasteiger partial charge >= 0.3 is 0 Å². The Labute approximate surface area is 213 Å². The van der Waals surface area contributed by atoms with Gasteiger partial charge in [0.1, 0.15) is 6.04 Å². The van der Waals surface area contributed by atoms with Crippen LogP contribution in [0.3, 0.4) is 0 Å². The Morgan fingerprint density at radius 3 is 2.58 bits per heavy atom. The first-order chi connectivity index (χ1) is 17.4. The van der Waals surface area contributed by atoms with E-state index in [9.17, 15) is 14.4 Å². The maximum absolute atomic E-state index is 13.4. The van der Waals surface area contributed by atoms with Gasteiger partial charge in [-0.1, -0.05) is 63.8 Å². The van der Waals surface area contributed by atoms with Gasteiger partial charge in [0, 0.05) is 25.1 Å². The van der Waals surface area contributed by atoms with Gasteiger partial charge < -0.3 is 16.4 Å². The third-order valence-corrected chi connectivity index (χ3v) is 7.28. The third-order valence-electron chi connectivity index (χ3n) is 7.28. The molecule has 1 saturated carbocycles. The predicted molar refractivity (Wildman–Crippen MR) is 142 cm³/mol. The Balaban J connectivity index is 1.52. The number of amides is 3. The first kappa shape index (κ1) is 25.9. The lowest BCUT2D eigenvalue weighted by molar-refractivity contribution is -0.124. The molecule has 1 aliphatic carbocycles. The Kier molecular flexibility index (Phi) is 8.41. The van der Waals surface area contributed by atoms with Crippen molar-refractivity contribution in [3.8, 4) is 0 Å². The van der Waals surface area contributed by atoms with Crippen molar-refractivity contribution < 1.29 is 14.4 Å². The third kappa shape index (κ3) is 6.13. The molecule has 1 heterocycles. The molecule has 2 aromatic carbocycles. The van der Waals surface area contributed by atoms with Crippen molar-refractivity contribution in [2.45, 2.75) is 77.9 Å². The van der Waals surface area contributed by atoms with E-state index in [1.54, 1.807) is 23.1 Å². The molecule has 4 N–H and O–H groups in total. The zero-order valence-corrected chi connectivity index (χ0v) is 21.4. The first-order valence-electron chi connectivity index (χ1n) is 13.2. The zero-order valence-electron chi connectivity index (χ0n) is 21.4. The normalized spacial score (nSPS) is 17.7. The van der Waals surface area contributed by atoms with Gasteiger partial charge in [-0.25, -0.2) is 0 Å². The summed E-state index contributed by atoms with van der Waals surface area (Å²) in [5.74, 6) is 0.415. The number of carbonyl (C=O) groups excluding carboxylic acids is 3. The second-order valence-corrected chi connectivity index (χ2v) is 10.5. The largest absolute Gasteiger partial charge is 0.348 e. The molecular weight excluding hydrogens is 452 g/mol. The summed E-state index contributed by atoms with van der Waals surface area (Å²) in [7, 11) is 0. The lowest BCUT2D eigenvalue weighted by Crippen LogP contribution is -2.51. The fourth-order valence-electron chi connectivity index (χ4n) is 5.35. The van der Waals surface area contributed by atoms with Crippen molar-refractivity contribution in [2.24, 2.45) is 17.6 Å². The van der Waals surface area contributed by atoms with Crippen LogP contribution >= 0.6 is 0 Å². The van der Waals surface area contributed by atoms with Crippen LogP contribution in [0, 0.1) is 11.8 Å². The summed E-state index contributed by atoms with van der Waals surface area (Å²) in [6.07, 6.45) is 6.76. The monoisotopic (exact) mass is 490 g/mol. The fourth-order valence-corrected chi connectivity index (χ4v) is 5.35. The van der Waals surface area contributed by atoms with Crippen LogP contribution in [-0.4, -0.2) is 23.8 Å². The predicted octanol–water partition coefficient (Wildman–Crippen LogP) is 4.75. The van der Waals surface area contributed by atoms with Crippen LogP contribution < -0.4 is 21.3 Å². The Bertz CT molecular complexity index is 1110. The number of benzene rings is 2. The SMILES string of the molecule is CC(C)CC1C(=O)Nc2cc(C(=O)NCc3cccc(CN)c3)ccc2N1C(=O)CCC1CCCC1. The van der Waals surface area contributed by atoms with Gasteiger partial charge in [0.05, 0.1) is 11.4 Å². The summed E-state index contributed by atoms with van der Waals surface area (Å²) in [4.78, 5) is 41.1. The highest BCUT2D eigenvalue weighted by Gasteiger charge is 2.37. The topological polar surface area (TPSA) is 105 Å². The van der Waals surface area contributed by atoms with Gasteiger partial charge in [0.2, 0.25) is 11.8 Å². The first-order valence-corrected chi connectivity index (χ1v) is 13.2. The van der Waals surface area contributed by atoms with Crippen LogP contribution in [-0.2, 0) is 22.7 Å². The molecule has 2 aliphatic rings. The van der Waals surface area contributed by atoms with Crippen LogP contribution in [0.2, 0.25) is 0 Å². The second-order valence-electron chi connectivity index (χ2n) is 10.5. The number of hydrogen-bond acceptors (Lipinski definition) is 4. The molecule has 4 rings (SSSR count). The van der Waals surface area contributed by atoms with E-state index in [1.807, 2.05) is 24.3 Å². The molecule has 0 aromatic heterocycles. The standard InChI is InChI=1S/C29H38N4O3/c1-19(2)14-26-29(36)32-24-16-23(28(35)31-18-22-9-5-8-21(15-22)17-30)11-12-25(24)33(26)27(34)13-10-20-6-3-4-7-20/h5,8-9,11-12,15-16,19-20,26H,3-4,6-7,10,13-14,17-18,30H2,1-2H3,(H,31,35)(H,32,36). The summed E-state index contributed by atoms with van der Waals surface area (Å²) >= 11 is 0. The highest BCUT2D eigenvalue weighted by atomic mass is 16.2. The van der Waals surface area contributed by atoms with E-state index in [0.717, 1.165) is 17.5 Å². The molecule has 0 radical (unpaired) electrons. The molecule has 1 aliphatic heterocycles. The van der Waals surface area contributed by atoms with E-state index in [4.69, 9.17) is 5.73 Å². The number of carbonyl (C=O) groups is 3. The van der Waals surface area contributed by atoms with E-state index >= 15 is 0 Å². The van der Waals surface area contributed by atoms with Gasteiger partial charge in [-0.2, -0.15) is 0 Å². The molecule has 2 aromatic rings. The lowest BCUT2D eigenvalue weighted by Gasteiger charge is -2.37. The molecule has 1 unspecified atom stereocenters. The smallest absolute Gasteiger partial charge is 0.251 e. The van der Waals surface area contributed by atoms with E-state index in [1.165, 1.54) is 25.7 Å². The molecule has 1 atom stereocenters. The minimum atomic E-state index is -0.539. The van der Waals surface area contributed by atoms with Gasteiger partial charge in [-0.3, -0.25) is 19.3 Å². The molecule has 7 heteroatoms. The summed E-state index contributed by atoms with van der Waals surface area (Å²) in [5.41, 5.74) is 9.29. The van der Waals surface area contributed by atoms with Crippen LogP contribution in [0.4, 0.5) is 11.4 Å². The van der Waals surface area contributed by atoms with Crippen LogP contribution in [0.5, 0.6) is 0 Å². The Morgan fingerprint density at radius 2 is 1.86 bits per heavy atom. The number of nitrogens with two attached hydrogens (primary N) is 1. The zero-order chi connectivity index (χ0) is 25.7. The minimum Gasteiger partial charge on any atom is -0.348 e. The number of nitrogens with one attached hydrogen (secondary N) is 2. The summed E-state index contributed by atoms with van der Waals surface area (Å²) < 4.78 is 0. The number of hydrogen-bond donors (Lipinski definition) is 3. The summed E-state index contributed by atoms with van der Waals surface area (Å²) in [6, 6.07) is 12.4. The van der Waals surface area contributed by atoms with E-state index < -0.39 is 6.04 Å². The van der Waals surface area contributed by atoms with Gasteiger partial charge in [0.15, 0.2) is 0 Å². The van der Waals surface area contributed by atoms with Crippen LogP contribution in [0.15, 0.2) is 42.5 Å². The van der Waals surface area contributed by atoms with Crippen molar-refractivity contribution in [2.75, 3.05) is 10.2 Å². The van der Waals surface area contributed by atoms with E-state index in [2.05, 4.69) is 24.5 Å². The molecule has 0 bridgehead atoms. The minimum absolute atomic E-state index is 0.0133. The summed E-state index contributed by atoms with van der Waals surface area (Å²) in [6.45, 7) is 4.93. The fraction of sp³-hybridized carbons (Fsp3) is 0.483. The maximum Gasteiger partial charge on any atom is 0.251 e.